The third-order valence-electron chi connectivity index (χ3n) is 6.08. The average Bonchev–Trinajstić information content (AvgIpc) is 2.97. The first-order valence-electron chi connectivity index (χ1n) is 10.8. The van der Waals surface area contributed by atoms with Gasteiger partial charge in [-0.15, -0.1) is 0 Å². The molecule has 0 unspecified atom stereocenters. The van der Waals surface area contributed by atoms with E-state index in [1.54, 1.807) is 22.5 Å². The lowest BCUT2D eigenvalue weighted by Crippen LogP contribution is -2.47. The predicted molar refractivity (Wildman–Crippen MR) is 116 cm³/mol. The number of hydrogen-bond donors (Lipinski definition) is 0. The van der Waals surface area contributed by atoms with Crippen LogP contribution in [0.5, 0.6) is 5.75 Å². The minimum Gasteiger partial charge on any atom is -0.487 e. The largest absolute Gasteiger partial charge is 0.487 e. The number of para-hydroxylation sites is 1. The number of benzene rings is 1. The zero-order valence-corrected chi connectivity index (χ0v) is 18.9. The average molecular weight is 433 g/mol. The number of hydrogen-bond acceptors (Lipinski definition) is 5. The molecule has 1 aromatic heterocycles. The summed E-state index contributed by atoms with van der Waals surface area (Å²) in [6.45, 7) is 7.33. The first kappa shape index (κ1) is 21.3. The molecule has 1 saturated heterocycles. The van der Waals surface area contributed by atoms with E-state index in [0.717, 1.165) is 38.9 Å². The van der Waals surface area contributed by atoms with Crippen molar-refractivity contribution in [2.24, 2.45) is 13.0 Å². The van der Waals surface area contributed by atoms with Crippen LogP contribution in [0.3, 0.4) is 0 Å². The highest BCUT2D eigenvalue weighted by Crippen LogP contribution is 2.36. The van der Waals surface area contributed by atoms with Crippen LogP contribution in [0.25, 0.3) is 0 Å². The van der Waals surface area contributed by atoms with Gasteiger partial charge in [-0.25, -0.2) is 8.42 Å². The Bertz CT molecular complexity index is 972. The van der Waals surface area contributed by atoms with E-state index in [0.29, 0.717) is 23.1 Å². The van der Waals surface area contributed by atoms with Crippen LogP contribution in [-0.4, -0.2) is 59.2 Å². The Morgan fingerprint density at radius 1 is 1.20 bits per heavy atom. The van der Waals surface area contributed by atoms with Gasteiger partial charge in [-0.1, -0.05) is 26.0 Å². The van der Waals surface area contributed by atoms with Crippen molar-refractivity contribution in [2.75, 3.05) is 19.6 Å². The molecule has 2 aromatic rings. The van der Waals surface area contributed by atoms with E-state index < -0.39 is 10.0 Å². The molecule has 0 amide bonds. The Morgan fingerprint density at radius 2 is 1.97 bits per heavy atom. The molecule has 1 aromatic carbocycles. The van der Waals surface area contributed by atoms with Crippen molar-refractivity contribution in [1.29, 1.82) is 0 Å². The minimum absolute atomic E-state index is 0.144. The number of aromatic nitrogens is 2. The summed E-state index contributed by atoms with van der Waals surface area (Å²) in [5, 5.41) is 4.26. The Labute approximate surface area is 179 Å². The smallest absolute Gasteiger partial charge is 0.247 e. The molecule has 7 nitrogen and oxygen atoms in total. The topological polar surface area (TPSA) is 67.7 Å². The minimum atomic E-state index is -3.60. The van der Waals surface area contributed by atoms with Gasteiger partial charge in [0.1, 0.15) is 16.7 Å². The molecule has 8 heteroatoms. The molecule has 0 radical (unpaired) electrons. The molecular weight excluding hydrogens is 400 g/mol. The second-order valence-electron chi connectivity index (χ2n) is 8.84. The van der Waals surface area contributed by atoms with Gasteiger partial charge in [0, 0.05) is 45.0 Å². The molecular formula is C22H32N4O3S. The Morgan fingerprint density at radius 3 is 2.70 bits per heavy atom. The van der Waals surface area contributed by atoms with Gasteiger partial charge in [0.05, 0.1) is 12.2 Å². The lowest BCUT2D eigenvalue weighted by molar-refractivity contribution is 0.111. The third kappa shape index (κ3) is 4.40. The fourth-order valence-electron chi connectivity index (χ4n) is 4.45. The molecule has 0 bridgehead atoms. The highest BCUT2D eigenvalue weighted by Gasteiger charge is 2.43. The van der Waals surface area contributed by atoms with Crippen LogP contribution in [0, 0.1) is 5.92 Å². The van der Waals surface area contributed by atoms with Crippen LogP contribution in [0.4, 0.5) is 0 Å². The summed E-state index contributed by atoms with van der Waals surface area (Å²) in [5.74, 6) is 0.922. The van der Waals surface area contributed by atoms with Crippen molar-refractivity contribution >= 4 is 10.0 Å². The molecule has 0 aliphatic carbocycles. The maximum atomic E-state index is 13.6. The maximum absolute atomic E-state index is 13.6. The molecule has 0 N–H and O–H groups in total. The fraction of sp³-hybridized carbons (Fsp3) is 0.591. The summed E-state index contributed by atoms with van der Waals surface area (Å²) >= 11 is 0. The summed E-state index contributed by atoms with van der Waals surface area (Å²) in [7, 11) is -1.67. The molecule has 3 heterocycles. The van der Waals surface area contributed by atoms with E-state index in [9.17, 15) is 8.42 Å². The van der Waals surface area contributed by atoms with Gasteiger partial charge in [-0.2, -0.15) is 9.40 Å². The van der Waals surface area contributed by atoms with Gasteiger partial charge in [-0.3, -0.25) is 9.58 Å². The summed E-state index contributed by atoms with van der Waals surface area (Å²) in [4.78, 5) is 2.68. The predicted octanol–water partition coefficient (Wildman–Crippen LogP) is 2.88. The standard InChI is InChI=1S/C22H32N4O3S/c1-17(2)8-13-26-19-9-11-25(16-18-14-23-24(3)15-18)12-10-20(19)29-21-6-4-5-7-22(21)30(26,27)28/h4-7,14-15,17,19-20H,8-13,16H2,1-3H3/t19-,20-/m0/s1. The van der Waals surface area contributed by atoms with Crippen LogP contribution >= 0.6 is 0 Å². The number of rotatable bonds is 5. The van der Waals surface area contributed by atoms with Crippen LogP contribution in [-0.2, 0) is 23.6 Å². The summed E-state index contributed by atoms with van der Waals surface area (Å²) < 4.78 is 37.1. The van der Waals surface area contributed by atoms with E-state index in [4.69, 9.17) is 4.74 Å². The SMILES string of the molecule is CC(C)CCN1[C@H]2CCN(Cc3cnn(C)c3)CC[C@@H]2Oc2ccccc2S1(=O)=O. The van der Waals surface area contributed by atoms with E-state index in [1.165, 1.54) is 5.56 Å². The van der Waals surface area contributed by atoms with Crippen LogP contribution < -0.4 is 4.74 Å². The van der Waals surface area contributed by atoms with E-state index >= 15 is 0 Å². The van der Waals surface area contributed by atoms with Crippen molar-refractivity contribution < 1.29 is 13.2 Å². The molecule has 164 valence electrons. The van der Waals surface area contributed by atoms with Gasteiger partial charge in [0.15, 0.2) is 0 Å². The summed E-state index contributed by atoms with van der Waals surface area (Å²) in [5.41, 5.74) is 1.18. The summed E-state index contributed by atoms with van der Waals surface area (Å²) in [6, 6.07) is 6.93. The highest BCUT2D eigenvalue weighted by molar-refractivity contribution is 7.89. The molecule has 0 spiro atoms. The van der Waals surface area contributed by atoms with E-state index in [2.05, 4.69) is 23.8 Å². The molecule has 2 aliphatic heterocycles. The van der Waals surface area contributed by atoms with Gasteiger partial charge in [0.2, 0.25) is 10.0 Å². The molecule has 1 fully saturated rings. The zero-order valence-electron chi connectivity index (χ0n) is 18.1. The molecule has 2 aliphatic rings. The Balaban J connectivity index is 1.61. The highest BCUT2D eigenvalue weighted by atomic mass is 32.2. The number of aryl methyl sites for hydroxylation is 1. The van der Waals surface area contributed by atoms with E-state index in [-0.39, 0.29) is 12.1 Å². The second kappa shape index (κ2) is 8.69. The van der Waals surface area contributed by atoms with Crippen molar-refractivity contribution in [2.45, 2.75) is 56.7 Å². The van der Waals surface area contributed by atoms with Crippen molar-refractivity contribution in [3.63, 3.8) is 0 Å². The Hall–Kier alpha value is -1.90. The lowest BCUT2D eigenvalue weighted by Gasteiger charge is -2.32. The number of likely N-dealkylation sites (tertiary alicyclic amines) is 1. The van der Waals surface area contributed by atoms with Crippen molar-refractivity contribution in [3.8, 4) is 5.75 Å². The van der Waals surface area contributed by atoms with Crippen LogP contribution in [0.15, 0.2) is 41.6 Å². The zero-order chi connectivity index (χ0) is 21.3. The van der Waals surface area contributed by atoms with Crippen molar-refractivity contribution in [3.05, 3.63) is 42.2 Å². The first-order chi connectivity index (χ1) is 14.3. The molecule has 2 atom stereocenters. The first-order valence-corrected chi connectivity index (χ1v) is 12.3. The number of sulfonamides is 1. The summed E-state index contributed by atoms with van der Waals surface area (Å²) in [6.07, 6.45) is 6.19. The number of ether oxygens (including phenoxy) is 1. The molecule has 30 heavy (non-hydrogen) atoms. The van der Waals surface area contributed by atoms with Crippen LogP contribution in [0.2, 0.25) is 0 Å². The van der Waals surface area contributed by atoms with Gasteiger partial charge in [-0.05, 0) is 37.3 Å². The van der Waals surface area contributed by atoms with Crippen molar-refractivity contribution in [1.82, 2.24) is 19.0 Å². The molecule has 0 saturated carbocycles. The van der Waals surface area contributed by atoms with Gasteiger partial charge >= 0.3 is 0 Å². The monoisotopic (exact) mass is 432 g/mol. The van der Waals surface area contributed by atoms with Gasteiger partial charge < -0.3 is 4.74 Å². The Kier molecular flexibility index (Phi) is 6.18. The van der Waals surface area contributed by atoms with E-state index in [1.807, 2.05) is 30.2 Å². The second-order valence-corrected chi connectivity index (χ2v) is 10.7. The van der Waals surface area contributed by atoms with Gasteiger partial charge in [0.25, 0.3) is 0 Å². The number of fused-ring (bicyclic) bond motifs is 2. The normalized spacial score (nSPS) is 24.5. The lowest BCUT2D eigenvalue weighted by atomic mass is 10.0. The quantitative estimate of drug-likeness (QED) is 0.727. The molecule has 4 rings (SSSR count). The third-order valence-corrected chi connectivity index (χ3v) is 8.04. The fourth-order valence-corrected chi connectivity index (χ4v) is 6.27. The van der Waals surface area contributed by atoms with Crippen LogP contribution in [0.1, 0.15) is 38.7 Å². The number of nitrogens with zero attached hydrogens (tertiary/aromatic N) is 4. The maximum Gasteiger partial charge on any atom is 0.247 e.